The number of likely N-dealkylation sites (tertiary alicyclic amines) is 1. The van der Waals surface area contributed by atoms with Crippen LogP contribution < -0.4 is 14.8 Å². The lowest BCUT2D eigenvalue weighted by molar-refractivity contribution is 0.144. The fourth-order valence-corrected chi connectivity index (χ4v) is 4.31. The first-order valence-corrected chi connectivity index (χ1v) is 10.1. The van der Waals surface area contributed by atoms with Gasteiger partial charge in [0.15, 0.2) is 11.5 Å². The predicted octanol–water partition coefficient (Wildman–Crippen LogP) is 3.36. The third kappa shape index (κ3) is 3.95. The highest BCUT2D eigenvalue weighted by molar-refractivity contribution is 6.02. The molecule has 2 aliphatic heterocycles. The summed E-state index contributed by atoms with van der Waals surface area (Å²) in [6, 6.07) is 13.7. The smallest absolute Gasteiger partial charge is 0.162 e. The number of piperidine rings is 1. The van der Waals surface area contributed by atoms with Gasteiger partial charge in [-0.2, -0.15) is 0 Å². The molecule has 0 saturated carbocycles. The van der Waals surface area contributed by atoms with Crippen molar-refractivity contribution in [3.8, 4) is 17.2 Å². The fourth-order valence-electron chi connectivity index (χ4n) is 4.31. The molecule has 2 aliphatic rings. The van der Waals surface area contributed by atoms with Crippen LogP contribution in [0.5, 0.6) is 17.2 Å². The summed E-state index contributed by atoms with van der Waals surface area (Å²) >= 11 is 0. The van der Waals surface area contributed by atoms with Crippen LogP contribution in [0.2, 0.25) is 0 Å². The van der Waals surface area contributed by atoms with E-state index < -0.39 is 0 Å². The molecule has 1 unspecified atom stereocenters. The maximum absolute atomic E-state index is 10.8. The number of para-hydroxylation sites is 1. The minimum absolute atomic E-state index is 0.0489. The van der Waals surface area contributed by atoms with Gasteiger partial charge in [0.2, 0.25) is 0 Å². The minimum Gasteiger partial charge on any atom is -0.504 e. The predicted molar refractivity (Wildman–Crippen MR) is 114 cm³/mol. The topological polar surface area (TPSA) is 66.3 Å². The van der Waals surface area contributed by atoms with Crippen molar-refractivity contribution in [2.45, 2.75) is 31.0 Å². The Labute approximate surface area is 172 Å². The second-order valence-electron chi connectivity index (χ2n) is 7.92. The number of phenols is 1. The van der Waals surface area contributed by atoms with Crippen LogP contribution in [-0.2, 0) is 0 Å². The Bertz CT molecular complexity index is 904. The van der Waals surface area contributed by atoms with E-state index in [0.717, 1.165) is 48.5 Å². The number of hydrogen-bond donors (Lipinski definition) is 2. The molecular weight excluding hydrogens is 366 g/mol. The van der Waals surface area contributed by atoms with Crippen LogP contribution >= 0.6 is 0 Å². The first-order valence-electron chi connectivity index (χ1n) is 10.1. The minimum atomic E-state index is -0.330. The molecule has 2 N–H and O–H groups in total. The van der Waals surface area contributed by atoms with Gasteiger partial charge in [0.25, 0.3) is 0 Å². The lowest BCUT2D eigenvalue weighted by atomic mass is 9.87. The van der Waals surface area contributed by atoms with Gasteiger partial charge in [-0.3, -0.25) is 10.3 Å². The molecule has 6 nitrogen and oxygen atoms in total. The Morgan fingerprint density at radius 1 is 1.10 bits per heavy atom. The Hall–Kier alpha value is -2.57. The van der Waals surface area contributed by atoms with Crippen molar-refractivity contribution in [3.63, 3.8) is 0 Å². The number of aromatic hydroxyl groups is 1. The Kier molecular flexibility index (Phi) is 5.48. The molecule has 0 bridgehead atoms. The monoisotopic (exact) mass is 395 g/mol. The van der Waals surface area contributed by atoms with Crippen LogP contribution in [0.4, 0.5) is 0 Å². The van der Waals surface area contributed by atoms with Gasteiger partial charge >= 0.3 is 0 Å². The van der Waals surface area contributed by atoms with E-state index in [1.165, 1.54) is 0 Å². The first kappa shape index (κ1) is 19.7. The van der Waals surface area contributed by atoms with Gasteiger partial charge in [0.05, 0.1) is 14.2 Å². The lowest BCUT2D eigenvalue weighted by Crippen LogP contribution is -2.55. The van der Waals surface area contributed by atoms with E-state index in [1.807, 2.05) is 30.3 Å². The van der Waals surface area contributed by atoms with Crippen molar-refractivity contribution in [2.24, 2.45) is 4.99 Å². The quantitative estimate of drug-likeness (QED) is 0.831. The Morgan fingerprint density at radius 3 is 2.59 bits per heavy atom. The highest BCUT2D eigenvalue weighted by Crippen LogP contribution is 2.40. The van der Waals surface area contributed by atoms with Crippen molar-refractivity contribution in [3.05, 3.63) is 53.6 Å². The third-order valence-corrected chi connectivity index (χ3v) is 6.03. The van der Waals surface area contributed by atoms with E-state index in [4.69, 9.17) is 14.5 Å². The average molecular weight is 396 g/mol. The standard InChI is InChI=1S/C23H29N3O3/c1-26-12-10-23(11-13-26)24-19(16-6-4-7-17(14-16)28-2)15-20(25-23)18-8-5-9-21(29-3)22(18)27/h4-9,14,20,25,27H,10-13,15H2,1-3H3. The van der Waals surface area contributed by atoms with Crippen molar-refractivity contribution < 1.29 is 14.6 Å². The van der Waals surface area contributed by atoms with Crippen molar-refractivity contribution >= 4 is 5.71 Å². The maximum Gasteiger partial charge on any atom is 0.162 e. The zero-order valence-electron chi connectivity index (χ0n) is 17.3. The molecule has 0 aliphatic carbocycles. The molecule has 1 fully saturated rings. The molecular formula is C23H29N3O3. The SMILES string of the molecule is COc1cccc(C2=NC3(CCN(C)CC3)NC(c3cccc(OC)c3O)C2)c1. The van der Waals surface area contributed by atoms with E-state index >= 15 is 0 Å². The molecule has 154 valence electrons. The highest BCUT2D eigenvalue weighted by Gasteiger charge is 2.40. The normalized spacial score (nSPS) is 21.6. The first-order chi connectivity index (χ1) is 14.0. The van der Waals surface area contributed by atoms with Crippen molar-refractivity contribution in [1.29, 1.82) is 0 Å². The zero-order valence-corrected chi connectivity index (χ0v) is 17.3. The van der Waals surface area contributed by atoms with Crippen LogP contribution in [-0.4, -0.2) is 55.7 Å². The van der Waals surface area contributed by atoms with Crippen LogP contribution in [0.3, 0.4) is 0 Å². The number of phenolic OH excluding ortho intramolecular Hbond substituents is 1. The summed E-state index contributed by atoms with van der Waals surface area (Å²) in [6.45, 7) is 1.97. The van der Waals surface area contributed by atoms with E-state index in [1.54, 1.807) is 20.3 Å². The number of aliphatic imine (C=N–C) groups is 1. The molecule has 2 aromatic rings. The summed E-state index contributed by atoms with van der Waals surface area (Å²) in [5.41, 5.74) is 2.62. The average Bonchev–Trinajstić information content (AvgIpc) is 2.76. The number of nitrogens with zero attached hydrogens (tertiary/aromatic N) is 2. The molecule has 2 heterocycles. The summed E-state index contributed by atoms with van der Waals surface area (Å²) in [5, 5.41) is 14.5. The van der Waals surface area contributed by atoms with E-state index in [-0.39, 0.29) is 17.5 Å². The zero-order chi connectivity index (χ0) is 20.4. The maximum atomic E-state index is 10.8. The molecule has 2 aromatic carbocycles. The second kappa shape index (κ2) is 8.05. The third-order valence-electron chi connectivity index (χ3n) is 6.03. The number of hydrogen-bond acceptors (Lipinski definition) is 6. The largest absolute Gasteiger partial charge is 0.504 e. The van der Waals surface area contributed by atoms with Gasteiger partial charge in [0.1, 0.15) is 11.4 Å². The molecule has 1 spiro atoms. The highest BCUT2D eigenvalue weighted by atomic mass is 16.5. The number of benzene rings is 2. The fraction of sp³-hybridized carbons (Fsp3) is 0.435. The van der Waals surface area contributed by atoms with Crippen molar-refractivity contribution in [2.75, 3.05) is 34.4 Å². The van der Waals surface area contributed by atoms with Crippen LogP contribution in [0.1, 0.15) is 36.4 Å². The van der Waals surface area contributed by atoms with Crippen LogP contribution in [0, 0.1) is 0 Å². The molecule has 0 aromatic heterocycles. The summed E-state index contributed by atoms with van der Waals surface area (Å²) in [4.78, 5) is 7.54. The van der Waals surface area contributed by atoms with Gasteiger partial charge in [-0.1, -0.05) is 24.3 Å². The molecule has 6 heteroatoms. The van der Waals surface area contributed by atoms with Gasteiger partial charge in [-0.15, -0.1) is 0 Å². The summed E-state index contributed by atoms with van der Waals surface area (Å²) in [7, 11) is 5.40. The van der Waals surface area contributed by atoms with E-state index in [0.29, 0.717) is 12.2 Å². The Morgan fingerprint density at radius 2 is 1.86 bits per heavy atom. The van der Waals surface area contributed by atoms with Gasteiger partial charge in [0, 0.05) is 36.8 Å². The van der Waals surface area contributed by atoms with E-state index in [2.05, 4.69) is 23.3 Å². The number of ether oxygens (including phenoxy) is 2. The van der Waals surface area contributed by atoms with Gasteiger partial charge < -0.3 is 19.5 Å². The van der Waals surface area contributed by atoms with Crippen molar-refractivity contribution in [1.82, 2.24) is 10.2 Å². The summed E-state index contributed by atoms with van der Waals surface area (Å²) in [6.07, 6.45) is 2.54. The van der Waals surface area contributed by atoms with E-state index in [9.17, 15) is 5.11 Å². The molecule has 0 amide bonds. The molecule has 1 atom stereocenters. The molecule has 4 rings (SSSR count). The second-order valence-corrected chi connectivity index (χ2v) is 7.92. The molecule has 0 radical (unpaired) electrons. The number of methoxy groups -OCH3 is 2. The van der Waals surface area contributed by atoms with Crippen LogP contribution in [0.15, 0.2) is 47.5 Å². The number of rotatable bonds is 4. The summed E-state index contributed by atoms with van der Waals surface area (Å²) in [5.74, 6) is 1.51. The van der Waals surface area contributed by atoms with Gasteiger partial charge in [-0.25, -0.2) is 0 Å². The number of nitrogens with one attached hydrogen (secondary N) is 1. The molecule has 1 saturated heterocycles. The van der Waals surface area contributed by atoms with Crippen LogP contribution in [0.25, 0.3) is 0 Å². The Balaban J connectivity index is 1.75. The molecule has 29 heavy (non-hydrogen) atoms. The lowest BCUT2D eigenvalue weighted by Gasteiger charge is -2.44. The van der Waals surface area contributed by atoms with Gasteiger partial charge in [-0.05, 0) is 43.7 Å². The summed E-state index contributed by atoms with van der Waals surface area (Å²) < 4.78 is 10.8.